The highest BCUT2D eigenvalue weighted by Crippen LogP contribution is 2.34. The Morgan fingerprint density at radius 1 is 1.26 bits per heavy atom. The third kappa shape index (κ3) is 3.57. The van der Waals surface area contributed by atoms with E-state index in [9.17, 15) is 0 Å². The highest BCUT2D eigenvalue weighted by atomic mass is 79.9. The maximum atomic E-state index is 4.21. The maximum Gasteiger partial charge on any atom is 0.147 e. The van der Waals surface area contributed by atoms with Crippen LogP contribution in [-0.4, -0.2) is 38.1 Å². The summed E-state index contributed by atoms with van der Waals surface area (Å²) in [7, 11) is 0. The summed E-state index contributed by atoms with van der Waals surface area (Å²) < 4.78 is 2.17. The molecule has 0 atom stereocenters. The Labute approximate surface area is 124 Å². The van der Waals surface area contributed by atoms with Crippen molar-refractivity contribution in [1.29, 1.82) is 0 Å². The Hall–Kier alpha value is -0.420. The van der Waals surface area contributed by atoms with Crippen molar-refractivity contribution < 1.29 is 0 Å². The second-order valence-electron chi connectivity index (χ2n) is 5.78. The van der Waals surface area contributed by atoms with E-state index in [2.05, 4.69) is 49.4 Å². The van der Waals surface area contributed by atoms with Crippen LogP contribution in [0.15, 0.2) is 6.33 Å². The molecular weight excluding hydrogens is 304 g/mol. The first kappa shape index (κ1) is 15.0. The number of hydrogen-bond donors (Lipinski definition) is 0. The van der Waals surface area contributed by atoms with E-state index in [1.165, 1.54) is 32.2 Å². The number of nitrogens with zero attached hydrogens (tertiary/aromatic N) is 4. The molecule has 0 saturated carbocycles. The summed E-state index contributed by atoms with van der Waals surface area (Å²) in [4.78, 5) is 2.55. The summed E-state index contributed by atoms with van der Waals surface area (Å²) in [6.45, 7) is 8.85. The van der Waals surface area contributed by atoms with Crippen LogP contribution >= 0.6 is 15.9 Å². The Kier molecular flexibility index (Phi) is 5.39. The Morgan fingerprint density at radius 3 is 2.63 bits per heavy atom. The smallest absolute Gasteiger partial charge is 0.147 e. The molecule has 0 bridgehead atoms. The van der Waals surface area contributed by atoms with Gasteiger partial charge in [-0.2, -0.15) is 0 Å². The molecule has 1 aromatic heterocycles. The van der Waals surface area contributed by atoms with Gasteiger partial charge in [-0.15, -0.1) is 10.2 Å². The lowest BCUT2D eigenvalue weighted by Gasteiger charge is -2.38. The summed E-state index contributed by atoms with van der Waals surface area (Å²) in [6, 6.07) is 0. The van der Waals surface area contributed by atoms with Gasteiger partial charge in [0.25, 0.3) is 0 Å². The van der Waals surface area contributed by atoms with Crippen molar-refractivity contribution >= 4 is 15.9 Å². The normalized spacial score (nSPS) is 16.6. The predicted molar refractivity (Wildman–Crippen MR) is 81.3 cm³/mol. The molecule has 0 N–H and O–H groups in total. The van der Waals surface area contributed by atoms with E-state index in [4.69, 9.17) is 0 Å². The van der Waals surface area contributed by atoms with Gasteiger partial charge in [0.05, 0.1) is 6.54 Å². The standard InChI is InChI=1S/C14H25BrN4/c1-3-5-14(10-15,6-4-2)11-18-7-8-19-12-16-17-13(19)9-18/h12H,3-11H2,1-2H3. The van der Waals surface area contributed by atoms with Gasteiger partial charge in [-0.25, -0.2) is 0 Å². The van der Waals surface area contributed by atoms with E-state index in [-0.39, 0.29) is 0 Å². The molecule has 0 amide bonds. The van der Waals surface area contributed by atoms with E-state index in [1.54, 1.807) is 0 Å². The predicted octanol–water partition coefficient (Wildman–Crippen LogP) is 3.08. The molecule has 2 rings (SSSR count). The molecule has 1 aliphatic heterocycles. The third-order valence-electron chi connectivity index (χ3n) is 4.12. The molecule has 0 aliphatic carbocycles. The van der Waals surface area contributed by atoms with Crippen molar-refractivity contribution in [3.8, 4) is 0 Å². The van der Waals surface area contributed by atoms with Crippen molar-refractivity contribution in [3.63, 3.8) is 0 Å². The highest BCUT2D eigenvalue weighted by molar-refractivity contribution is 9.09. The largest absolute Gasteiger partial charge is 0.315 e. The number of aromatic nitrogens is 3. The van der Waals surface area contributed by atoms with Gasteiger partial charge in [0.15, 0.2) is 0 Å². The second-order valence-corrected chi connectivity index (χ2v) is 6.35. The van der Waals surface area contributed by atoms with Crippen molar-refractivity contribution in [3.05, 3.63) is 12.2 Å². The zero-order valence-electron chi connectivity index (χ0n) is 12.1. The van der Waals surface area contributed by atoms with E-state index >= 15 is 0 Å². The molecule has 4 nitrogen and oxygen atoms in total. The molecule has 1 aromatic rings. The summed E-state index contributed by atoms with van der Waals surface area (Å²) in [6.07, 6.45) is 6.97. The number of alkyl halides is 1. The maximum absolute atomic E-state index is 4.21. The fourth-order valence-electron chi connectivity index (χ4n) is 3.25. The van der Waals surface area contributed by atoms with Gasteiger partial charge >= 0.3 is 0 Å². The number of halogens is 1. The molecule has 0 spiro atoms. The first-order valence-electron chi connectivity index (χ1n) is 7.38. The first-order valence-corrected chi connectivity index (χ1v) is 8.50. The third-order valence-corrected chi connectivity index (χ3v) is 5.31. The van der Waals surface area contributed by atoms with Crippen LogP contribution < -0.4 is 0 Å². The van der Waals surface area contributed by atoms with Crippen molar-refractivity contribution in [1.82, 2.24) is 19.7 Å². The molecule has 0 radical (unpaired) electrons. The SMILES string of the molecule is CCCC(CBr)(CCC)CN1CCn2cnnc2C1. The van der Waals surface area contributed by atoms with E-state index in [1.807, 2.05) is 6.33 Å². The van der Waals surface area contributed by atoms with Gasteiger partial charge in [0.2, 0.25) is 0 Å². The molecular formula is C14H25BrN4. The van der Waals surface area contributed by atoms with Gasteiger partial charge in [-0.3, -0.25) is 4.90 Å². The Morgan fingerprint density at radius 2 is 2.00 bits per heavy atom. The van der Waals surface area contributed by atoms with E-state index in [0.29, 0.717) is 5.41 Å². The average molecular weight is 329 g/mol. The zero-order valence-corrected chi connectivity index (χ0v) is 13.7. The van der Waals surface area contributed by atoms with Crippen molar-refractivity contribution in [2.75, 3.05) is 18.4 Å². The lowest BCUT2D eigenvalue weighted by Crippen LogP contribution is -2.42. The quantitative estimate of drug-likeness (QED) is 0.721. The first-order chi connectivity index (χ1) is 9.23. The number of hydrogen-bond acceptors (Lipinski definition) is 3. The molecule has 5 heteroatoms. The average Bonchev–Trinajstić information content (AvgIpc) is 2.86. The summed E-state index contributed by atoms with van der Waals surface area (Å²) in [5, 5.41) is 9.32. The molecule has 1 aliphatic rings. The highest BCUT2D eigenvalue weighted by Gasteiger charge is 2.31. The summed E-state index contributed by atoms with van der Waals surface area (Å²) >= 11 is 3.77. The van der Waals surface area contributed by atoms with Crippen LogP contribution in [0, 0.1) is 5.41 Å². The fraction of sp³-hybridized carbons (Fsp3) is 0.857. The Bertz CT molecular complexity index is 385. The molecule has 0 unspecified atom stereocenters. The number of fused-ring (bicyclic) bond motifs is 1. The minimum atomic E-state index is 0.422. The van der Waals surface area contributed by atoms with Gasteiger partial charge in [-0.05, 0) is 18.3 Å². The van der Waals surface area contributed by atoms with Crippen molar-refractivity contribution in [2.45, 2.75) is 52.6 Å². The zero-order chi connectivity index (χ0) is 13.7. The van der Waals surface area contributed by atoms with Crippen LogP contribution in [0.4, 0.5) is 0 Å². The molecule has 2 heterocycles. The minimum absolute atomic E-state index is 0.422. The number of rotatable bonds is 7. The Balaban J connectivity index is 2.02. The van der Waals surface area contributed by atoms with Crippen LogP contribution in [0.1, 0.15) is 45.4 Å². The van der Waals surface area contributed by atoms with Crippen LogP contribution in [0.25, 0.3) is 0 Å². The van der Waals surface area contributed by atoms with E-state index < -0.39 is 0 Å². The summed E-state index contributed by atoms with van der Waals surface area (Å²) in [5.41, 5.74) is 0.422. The summed E-state index contributed by atoms with van der Waals surface area (Å²) in [5.74, 6) is 1.11. The molecule has 0 aromatic carbocycles. The molecule has 0 saturated heterocycles. The van der Waals surface area contributed by atoms with Gasteiger partial charge in [0, 0.05) is 25.0 Å². The van der Waals surface area contributed by atoms with Gasteiger partial charge < -0.3 is 4.57 Å². The van der Waals surface area contributed by atoms with Crippen molar-refractivity contribution in [2.24, 2.45) is 5.41 Å². The monoisotopic (exact) mass is 328 g/mol. The molecule has 0 fully saturated rings. The van der Waals surface area contributed by atoms with Crippen LogP contribution in [0.5, 0.6) is 0 Å². The molecule has 19 heavy (non-hydrogen) atoms. The minimum Gasteiger partial charge on any atom is -0.315 e. The second kappa shape index (κ2) is 6.84. The fourth-order valence-corrected chi connectivity index (χ4v) is 3.98. The van der Waals surface area contributed by atoms with Crippen LogP contribution in [0.3, 0.4) is 0 Å². The lowest BCUT2D eigenvalue weighted by atomic mass is 9.80. The van der Waals surface area contributed by atoms with E-state index in [0.717, 1.165) is 30.8 Å². The molecule has 108 valence electrons. The topological polar surface area (TPSA) is 34.0 Å². The van der Waals surface area contributed by atoms with Gasteiger partial charge in [0.1, 0.15) is 12.2 Å². The van der Waals surface area contributed by atoms with Crippen LogP contribution in [0.2, 0.25) is 0 Å². The van der Waals surface area contributed by atoms with Gasteiger partial charge in [-0.1, -0.05) is 42.6 Å². The lowest BCUT2D eigenvalue weighted by molar-refractivity contribution is 0.121. The van der Waals surface area contributed by atoms with Crippen LogP contribution in [-0.2, 0) is 13.1 Å².